The first-order chi connectivity index (χ1) is 4.88. The summed E-state index contributed by atoms with van der Waals surface area (Å²) in [5.74, 6) is 2.69. The molecule has 0 saturated carbocycles. The van der Waals surface area contributed by atoms with Crippen LogP contribution < -0.4 is 0 Å². The molecule has 0 amide bonds. The lowest BCUT2D eigenvalue weighted by atomic mass is 9.90. The van der Waals surface area contributed by atoms with E-state index in [4.69, 9.17) is 10.8 Å². The second-order valence-electron chi connectivity index (χ2n) is 4.10. The van der Waals surface area contributed by atoms with E-state index in [0.717, 1.165) is 0 Å². The third-order valence-corrected chi connectivity index (χ3v) is 2.16. The van der Waals surface area contributed by atoms with E-state index in [0.29, 0.717) is 0 Å². The molecule has 0 saturated heterocycles. The highest BCUT2D eigenvalue weighted by molar-refractivity contribution is 6.48. The van der Waals surface area contributed by atoms with Crippen molar-refractivity contribution in [2.75, 3.05) is 0 Å². The van der Waals surface area contributed by atoms with E-state index in [1.165, 1.54) is 0 Å². The molecule has 1 nitrogen and oxygen atoms in total. The molecule has 0 radical (unpaired) electrons. The lowest BCUT2D eigenvalue weighted by molar-refractivity contribution is 0.138. The zero-order valence-corrected chi connectivity index (χ0v) is 9.29. The van der Waals surface area contributed by atoms with Crippen molar-refractivity contribution in [2.45, 2.75) is 40.0 Å². The average Bonchev–Trinajstić information content (AvgIpc) is 1.79. The minimum Gasteiger partial charge on any atom is -0.407 e. The van der Waals surface area contributed by atoms with Crippen LogP contribution in [0.1, 0.15) is 20.8 Å². The van der Waals surface area contributed by atoms with Gasteiger partial charge in [0.15, 0.2) is 9.04 Å². The molecule has 64 valence electrons. The Morgan fingerprint density at radius 1 is 1.36 bits per heavy atom. The molecule has 0 fully saturated rings. The van der Waals surface area contributed by atoms with Crippen LogP contribution in [-0.4, -0.2) is 15.1 Å². The van der Waals surface area contributed by atoms with Crippen LogP contribution in [0.25, 0.3) is 0 Å². The fourth-order valence-electron chi connectivity index (χ4n) is 0.766. The van der Waals surface area contributed by atoms with Crippen molar-refractivity contribution in [1.82, 2.24) is 0 Å². The first kappa shape index (κ1) is 10.7. The van der Waals surface area contributed by atoms with Gasteiger partial charge >= 0.3 is 0 Å². The fourth-order valence-corrected chi connectivity index (χ4v) is 1.80. The van der Waals surface area contributed by atoms with Crippen molar-refractivity contribution in [2.24, 2.45) is 5.41 Å². The number of hydrogen-bond acceptors (Lipinski definition) is 1. The summed E-state index contributed by atoms with van der Waals surface area (Å²) in [6, 6.07) is 0. The van der Waals surface area contributed by atoms with Gasteiger partial charge in [0.05, 0.1) is 0 Å². The predicted molar refractivity (Wildman–Crippen MR) is 52.0 cm³/mol. The van der Waals surface area contributed by atoms with E-state index >= 15 is 0 Å². The summed E-state index contributed by atoms with van der Waals surface area (Å²) in [6.45, 7) is 10.6. The lowest BCUT2D eigenvalue weighted by Gasteiger charge is -2.28. The van der Waals surface area contributed by atoms with Crippen LogP contribution in [0.5, 0.6) is 0 Å². The first-order valence-corrected chi connectivity index (χ1v) is 6.77. The van der Waals surface area contributed by atoms with Crippen molar-refractivity contribution in [3.63, 3.8) is 0 Å². The van der Waals surface area contributed by atoms with Crippen LogP contribution in [0.3, 0.4) is 0 Å². The van der Waals surface area contributed by atoms with Gasteiger partial charge in [-0.1, -0.05) is 26.7 Å². The first-order valence-electron chi connectivity index (χ1n) is 3.99. The smallest absolute Gasteiger partial charge is 0.172 e. The predicted octanol–water partition coefficient (Wildman–Crippen LogP) is 2.03. The number of rotatable bonds is 2. The summed E-state index contributed by atoms with van der Waals surface area (Å²) in [7, 11) is -0.988. The van der Waals surface area contributed by atoms with Gasteiger partial charge in [0.2, 0.25) is 0 Å². The third-order valence-electron chi connectivity index (χ3n) is 1.35. The summed E-state index contributed by atoms with van der Waals surface area (Å²) in [4.78, 5) is 0. The minimum atomic E-state index is -0.988. The molecule has 1 unspecified atom stereocenters. The van der Waals surface area contributed by atoms with Crippen LogP contribution in [0.2, 0.25) is 13.1 Å². The third kappa shape index (κ3) is 4.23. The molecule has 0 aromatic rings. The summed E-state index contributed by atoms with van der Waals surface area (Å²) >= 11 is 0. The van der Waals surface area contributed by atoms with Crippen LogP contribution >= 0.6 is 0 Å². The number of hydrogen-bond donors (Lipinski definition) is 0. The quantitative estimate of drug-likeness (QED) is 0.455. The van der Waals surface area contributed by atoms with E-state index < -0.39 is 9.04 Å². The summed E-state index contributed by atoms with van der Waals surface area (Å²) in [5.41, 5.74) is 0.0754. The van der Waals surface area contributed by atoms with Gasteiger partial charge in [-0.05, 0) is 18.5 Å². The highest BCUT2D eigenvalue weighted by atomic mass is 28.3. The maximum absolute atomic E-state index is 5.67. The molecule has 1 atom stereocenters. The van der Waals surface area contributed by atoms with E-state index in [9.17, 15) is 0 Å². The van der Waals surface area contributed by atoms with Gasteiger partial charge in [0.1, 0.15) is 6.10 Å². The van der Waals surface area contributed by atoms with Crippen molar-refractivity contribution < 1.29 is 4.43 Å². The molecule has 2 heteroatoms. The Bertz CT molecular complexity index is 150. The molecule has 0 aliphatic heterocycles. The number of terminal acetylenes is 1. The van der Waals surface area contributed by atoms with Gasteiger partial charge in [-0.25, -0.2) is 0 Å². The van der Waals surface area contributed by atoms with Crippen LogP contribution in [0.4, 0.5) is 0 Å². The molecule has 0 bridgehead atoms. The Morgan fingerprint density at radius 2 is 1.82 bits per heavy atom. The Balaban J connectivity index is 4.11. The molecule has 0 aliphatic rings. The summed E-state index contributed by atoms with van der Waals surface area (Å²) in [6.07, 6.45) is 5.34. The zero-order chi connectivity index (χ0) is 9.07. The minimum absolute atomic E-state index is 0.0193. The highest BCUT2D eigenvalue weighted by Crippen LogP contribution is 2.21. The largest absolute Gasteiger partial charge is 0.407 e. The van der Waals surface area contributed by atoms with Gasteiger partial charge in [-0.2, -0.15) is 0 Å². The van der Waals surface area contributed by atoms with E-state index in [1.807, 2.05) is 0 Å². The lowest BCUT2D eigenvalue weighted by Crippen LogP contribution is -2.31. The molecule has 0 aromatic carbocycles. The van der Waals surface area contributed by atoms with E-state index in [1.54, 1.807) is 0 Å². The summed E-state index contributed by atoms with van der Waals surface area (Å²) < 4.78 is 5.67. The molecule has 0 N–H and O–H groups in total. The molecule has 0 heterocycles. The maximum Gasteiger partial charge on any atom is 0.172 e. The monoisotopic (exact) mass is 170 g/mol. The second kappa shape index (κ2) is 3.94. The zero-order valence-electron chi connectivity index (χ0n) is 8.14. The molecule has 0 spiro atoms. The molecular weight excluding hydrogens is 152 g/mol. The maximum atomic E-state index is 5.67. The standard InChI is InChI=1S/C9H18OSi/c1-7-8(9(2,3)4)10-11(5)6/h1,8,11H,2-6H3. The fraction of sp³-hybridized carbons (Fsp3) is 0.778. The average molecular weight is 170 g/mol. The Labute approximate surface area is 71.9 Å². The highest BCUT2D eigenvalue weighted by Gasteiger charge is 2.23. The Morgan fingerprint density at radius 3 is 1.91 bits per heavy atom. The SMILES string of the molecule is C#CC(O[SiH](C)C)C(C)(C)C. The van der Waals surface area contributed by atoms with Crippen LogP contribution in [-0.2, 0) is 4.43 Å². The normalized spacial score (nSPS) is 14.6. The van der Waals surface area contributed by atoms with E-state index in [-0.39, 0.29) is 11.5 Å². The van der Waals surface area contributed by atoms with Crippen molar-refractivity contribution >= 4 is 9.04 Å². The Hall–Kier alpha value is -0.263. The molecule has 0 rings (SSSR count). The topological polar surface area (TPSA) is 9.23 Å². The van der Waals surface area contributed by atoms with Crippen LogP contribution in [0.15, 0.2) is 0 Å². The van der Waals surface area contributed by atoms with Gasteiger partial charge in [-0.3, -0.25) is 0 Å². The van der Waals surface area contributed by atoms with E-state index in [2.05, 4.69) is 39.8 Å². The van der Waals surface area contributed by atoms with Gasteiger partial charge in [-0.15, -0.1) is 6.42 Å². The van der Waals surface area contributed by atoms with Gasteiger partial charge in [0.25, 0.3) is 0 Å². The van der Waals surface area contributed by atoms with Gasteiger partial charge in [0, 0.05) is 0 Å². The van der Waals surface area contributed by atoms with Gasteiger partial charge < -0.3 is 4.43 Å². The van der Waals surface area contributed by atoms with Crippen molar-refractivity contribution in [3.05, 3.63) is 0 Å². The molecule has 0 aliphatic carbocycles. The van der Waals surface area contributed by atoms with Crippen molar-refractivity contribution in [1.29, 1.82) is 0 Å². The Kier molecular flexibility index (Phi) is 3.84. The summed E-state index contributed by atoms with van der Waals surface area (Å²) in [5, 5.41) is 0. The van der Waals surface area contributed by atoms with Crippen LogP contribution in [0, 0.1) is 17.8 Å². The molecule has 11 heavy (non-hydrogen) atoms. The molecular formula is C9H18OSi. The second-order valence-corrected chi connectivity index (χ2v) is 6.47. The van der Waals surface area contributed by atoms with Crippen molar-refractivity contribution in [3.8, 4) is 12.3 Å². The molecule has 0 aromatic heterocycles.